The molecule has 2 aromatic rings. The zero-order valence-corrected chi connectivity index (χ0v) is 11.5. The molecule has 1 heterocycles. The number of benzene rings is 1. The van der Waals surface area contributed by atoms with E-state index in [0.29, 0.717) is 17.6 Å². The van der Waals surface area contributed by atoms with Gasteiger partial charge >= 0.3 is 6.01 Å². The minimum absolute atomic E-state index is 0.270. The highest BCUT2D eigenvalue weighted by Crippen LogP contribution is 2.20. The summed E-state index contributed by atoms with van der Waals surface area (Å²) in [6.07, 6.45) is 0. The Morgan fingerprint density at radius 2 is 1.74 bits per heavy atom. The summed E-state index contributed by atoms with van der Waals surface area (Å²) in [6, 6.07) is 7.98. The van der Waals surface area contributed by atoms with Crippen molar-refractivity contribution in [3.05, 3.63) is 29.8 Å². The number of anilines is 2. The molecule has 0 radical (unpaired) electrons. The van der Waals surface area contributed by atoms with E-state index in [2.05, 4.69) is 20.3 Å². The van der Waals surface area contributed by atoms with Crippen molar-refractivity contribution in [2.45, 2.75) is 6.92 Å². The van der Waals surface area contributed by atoms with Gasteiger partial charge in [0.2, 0.25) is 11.9 Å². The first kappa shape index (κ1) is 13.1. The van der Waals surface area contributed by atoms with Crippen molar-refractivity contribution in [1.29, 1.82) is 0 Å². The summed E-state index contributed by atoms with van der Waals surface area (Å²) in [6.45, 7) is 2.02. The Morgan fingerprint density at radius 1 is 1.05 bits per heavy atom. The molecule has 0 aliphatic carbocycles. The lowest BCUT2D eigenvalue weighted by molar-refractivity contribution is 0.440. The number of ether oxygens (including phenoxy) is 1. The standard InChI is InChI=1S/C13H17N5O/c1-9-5-7-10(8-6-9)19-13-16-11(14-2)15-12(17-13)18(3)4/h5-8H,1-4H3,(H,14,15,16,17). The van der Waals surface area contributed by atoms with Crippen molar-refractivity contribution >= 4 is 11.9 Å². The number of hydrogen-bond donors (Lipinski definition) is 1. The Morgan fingerprint density at radius 3 is 2.32 bits per heavy atom. The largest absolute Gasteiger partial charge is 0.424 e. The smallest absolute Gasteiger partial charge is 0.328 e. The molecule has 0 fully saturated rings. The lowest BCUT2D eigenvalue weighted by Gasteiger charge is -2.12. The monoisotopic (exact) mass is 259 g/mol. The Hall–Kier alpha value is -2.37. The van der Waals surface area contributed by atoms with E-state index in [0.717, 1.165) is 0 Å². The van der Waals surface area contributed by atoms with Gasteiger partial charge in [0.15, 0.2) is 0 Å². The van der Waals surface area contributed by atoms with Crippen molar-refractivity contribution in [3.63, 3.8) is 0 Å². The fourth-order valence-electron chi connectivity index (χ4n) is 1.42. The van der Waals surface area contributed by atoms with Crippen LogP contribution in [0.1, 0.15) is 5.56 Å². The number of aromatic nitrogens is 3. The van der Waals surface area contributed by atoms with Gasteiger partial charge in [-0.05, 0) is 19.1 Å². The number of rotatable bonds is 4. The summed E-state index contributed by atoms with van der Waals surface area (Å²) in [5.41, 5.74) is 1.17. The fraction of sp³-hybridized carbons (Fsp3) is 0.308. The van der Waals surface area contributed by atoms with Crippen LogP contribution in [0.25, 0.3) is 0 Å². The van der Waals surface area contributed by atoms with Gasteiger partial charge in [0.1, 0.15) is 5.75 Å². The van der Waals surface area contributed by atoms with Gasteiger partial charge in [-0.3, -0.25) is 0 Å². The van der Waals surface area contributed by atoms with E-state index in [9.17, 15) is 0 Å². The molecule has 0 amide bonds. The summed E-state index contributed by atoms with van der Waals surface area (Å²) >= 11 is 0. The van der Waals surface area contributed by atoms with Gasteiger partial charge in [0.25, 0.3) is 0 Å². The van der Waals surface area contributed by atoms with Crippen LogP contribution < -0.4 is 15.0 Å². The molecule has 100 valence electrons. The molecule has 6 nitrogen and oxygen atoms in total. The minimum atomic E-state index is 0.270. The molecule has 1 aromatic heterocycles. The van der Waals surface area contributed by atoms with E-state index in [1.165, 1.54) is 5.56 Å². The molecule has 19 heavy (non-hydrogen) atoms. The molecule has 0 spiro atoms. The second kappa shape index (κ2) is 5.51. The van der Waals surface area contributed by atoms with Gasteiger partial charge in [-0.25, -0.2) is 0 Å². The summed E-state index contributed by atoms with van der Waals surface area (Å²) in [7, 11) is 5.49. The van der Waals surface area contributed by atoms with Crippen LogP contribution in [0.3, 0.4) is 0 Å². The zero-order chi connectivity index (χ0) is 13.8. The first-order valence-corrected chi connectivity index (χ1v) is 5.94. The van der Waals surface area contributed by atoms with Crippen molar-refractivity contribution < 1.29 is 4.74 Å². The summed E-state index contributed by atoms with van der Waals surface area (Å²) in [5, 5.41) is 2.89. The molecule has 6 heteroatoms. The summed E-state index contributed by atoms with van der Waals surface area (Å²) < 4.78 is 5.64. The molecule has 0 aliphatic rings. The second-order valence-corrected chi connectivity index (χ2v) is 4.30. The maximum Gasteiger partial charge on any atom is 0.328 e. The van der Waals surface area contributed by atoms with Crippen LogP contribution >= 0.6 is 0 Å². The van der Waals surface area contributed by atoms with Crippen LogP contribution in [0.5, 0.6) is 11.8 Å². The average Bonchev–Trinajstić information content (AvgIpc) is 2.41. The zero-order valence-electron chi connectivity index (χ0n) is 11.5. The van der Waals surface area contributed by atoms with E-state index >= 15 is 0 Å². The van der Waals surface area contributed by atoms with Crippen molar-refractivity contribution in [1.82, 2.24) is 15.0 Å². The number of nitrogens with zero attached hydrogens (tertiary/aromatic N) is 4. The summed E-state index contributed by atoms with van der Waals surface area (Å²) in [5.74, 6) is 1.71. The lowest BCUT2D eigenvalue weighted by atomic mass is 10.2. The van der Waals surface area contributed by atoms with Crippen molar-refractivity contribution in [2.24, 2.45) is 0 Å². The molecular formula is C13H17N5O. The quantitative estimate of drug-likeness (QED) is 0.907. The van der Waals surface area contributed by atoms with Crippen LogP contribution in [0.15, 0.2) is 24.3 Å². The van der Waals surface area contributed by atoms with Gasteiger partial charge in [0, 0.05) is 21.1 Å². The third-order valence-electron chi connectivity index (χ3n) is 2.46. The van der Waals surface area contributed by atoms with Gasteiger partial charge in [-0.15, -0.1) is 0 Å². The molecular weight excluding hydrogens is 242 g/mol. The molecule has 0 aliphatic heterocycles. The molecule has 0 unspecified atom stereocenters. The van der Waals surface area contributed by atoms with Gasteiger partial charge < -0.3 is 15.0 Å². The molecule has 0 bridgehead atoms. The first-order valence-electron chi connectivity index (χ1n) is 5.94. The third-order valence-corrected chi connectivity index (χ3v) is 2.46. The van der Waals surface area contributed by atoms with Crippen molar-refractivity contribution in [3.8, 4) is 11.8 Å². The first-order chi connectivity index (χ1) is 9.08. The lowest BCUT2D eigenvalue weighted by Crippen LogP contribution is -2.15. The topological polar surface area (TPSA) is 63.2 Å². The maximum absolute atomic E-state index is 5.64. The average molecular weight is 259 g/mol. The Balaban J connectivity index is 2.28. The highest BCUT2D eigenvalue weighted by Gasteiger charge is 2.09. The Bertz CT molecular complexity index is 553. The van der Waals surface area contributed by atoms with Gasteiger partial charge in [-0.1, -0.05) is 17.7 Å². The van der Waals surface area contributed by atoms with E-state index in [4.69, 9.17) is 4.74 Å². The molecule has 0 saturated heterocycles. The van der Waals surface area contributed by atoms with E-state index in [1.54, 1.807) is 11.9 Å². The molecule has 2 rings (SSSR count). The van der Waals surface area contributed by atoms with Gasteiger partial charge in [0.05, 0.1) is 0 Å². The third kappa shape index (κ3) is 3.31. The van der Waals surface area contributed by atoms with E-state index in [1.807, 2.05) is 45.3 Å². The maximum atomic E-state index is 5.64. The normalized spacial score (nSPS) is 10.1. The number of nitrogens with one attached hydrogen (secondary N) is 1. The number of aryl methyl sites for hydroxylation is 1. The molecule has 1 N–H and O–H groups in total. The van der Waals surface area contributed by atoms with E-state index in [-0.39, 0.29) is 6.01 Å². The highest BCUT2D eigenvalue weighted by atomic mass is 16.5. The summed E-state index contributed by atoms with van der Waals surface area (Å²) in [4.78, 5) is 14.4. The minimum Gasteiger partial charge on any atom is -0.424 e. The SMILES string of the molecule is CNc1nc(Oc2ccc(C)cc2)nc(N(C)C)n1. The second-order valence-electron chi connectivity index (χ2n) is 4.30. The molecule has 0 atom stereocenters. The fourth-order valence-corrected chi connectivity index (χ4v) is 1.42. The predicted octanol–water partition coefficient (Wildman–Crippen LogP) is 2.08. The predicted molar refractivity (Wildman–Crippen MR) is 75.0 cm³/mol. The number of hydrogen-bond acceptors (Lipinski definition) is 6. The molecule has 1 aromatic carbocycles. The van der Waals surface area contributed by atoms with Crippen LogP contribution in [0, 0.1) is 6.92 Å². The van der Waals surface area contributed by atoms with Crippen LogP contribution in [0.2, 0.25) is 0 Å². The van der Waals surface area contributed by atoms with Crippen LogP contribution in [-0.4, -0.2) is 36.1 Å². The van der Waals surface area contributed by atoms with Crippen LogP contribution in [-0.2, 0) is 0 Å². The van der Waals surface area contributed by atoms with Crippen molar-refractivity contribution in [2.75, 3.05) is 31.4 Å². The highest BCUT2D eigenvalue weighted by molar-refractivity contribution is 5.38. The molecule has 0 saturated carbocycles. The van der Waals surface area contributed by atoms with Gasteiger partial charge in [-0.2, -0.15) is 15.0 Å². The Kier molecular flexibility index (Phi) is 3.79. The van der Waals surface area contributed by atoms with E-state index < -0.39 is 0 Å². The van der Waals surface area contributed by atoms with Crippen LogP contribution in [0.4, 0.5) is 11.9 Å². The Labute approximate surface area is 112 Å².